The van der Waals surface area contributed by atoms with Crippen LogP contribution in [-0.2, 0) is 0 Å². The van der Waals surface area contributed by atoms with Gasteiger partial charge in [0.05, 0.1) is 6.04 Å². The molecule has 1 atom stereocenters. The third-order valence-corrected chi connectivity index (χ3v) is 2.32. The fraction of sp³-hybridized carbons (Fsp3) is 0.364. The van der Waals surface area contributed by atoms with Gasteiger partial charge in [0.2, 0.25) is 0 Å². The molecule has 2 N–H and O–H groups in total. The summed E-state index contributed by atoms with van der Waals surface area (Å²) in [5.41, 5.74) is 1.09. The van der Waals surface area contributed by atoms with Crippen molar-refractivity contribution in [2.45, 2.75) is 19.4 Å². The zero-order chi connectivity index (χ0) is 11.2. The van der Waals surface area contributed by atoms with Gasteiger partial charge in [0.15, 0.2) is 0 Å². The second-order valence-corrected chi connectivity index (χ2v) is 3.54. The van der Waals surface area contributed by atoms with E-state index in [2.05, 4.69) is 32.4 Å². The zero-order valence-electron chi connectivity index (χ0n) is 9.22. The Hall–Kier alpha value is -1.75. The van der Waals surface area contributed by atoms with Crippen molar-refractivity contribution in [1.82, 2.24) is 25.5 Å². The van der Waals surface area contributed by atoms with Gasteiger partial charge in [0.1, 0.15) is 12.2 Å². The zero-order valence-corrected chi connectivity index (χ0v) is 9.22. The number of rotatable bonds is 5. The summed E-state index contributed by atoms with van der Waals surface area (Å²) in [6, 6.07) is 3.99. The Morgan fingerprint density at radius 2 is 2.44 bits per heavy atom. The first-order valence-corrected chi connectivity index (χ1v) is 5.40. The number of pyridine rings is 1. The quantitative estimate of drug-likeness (QED) is 0.792. The molecular weight excluding hydrogens is 202 g/mol. The summed E-state index contributed by atoms with van der Waals surface area (Å²) in [7, 11) is 0. The van der Waals surface area contributed by atoms with Gasteiger partial charge in [0.25, 0.3) is 0 Å². The standard InChI is InChI=1S/C11H15N5/c1-2-5-13-10(11-14-8-15-16-11)9-4-3-6-12-7-9/h3-4,6-8,10,13H,2,5H2,1H3,(H,14,15,16). The lowest BCUT2D eigenvalue weighted by Gasteiger charge is -2.15. The molecule has 2 aromatic heterocycles. The SMILES string of the molecule is CCCNC(c1cccnc1)c1ncn[nH]1. The highest BCUT2D eigenvalue weighted by Gasteiger charge is 2.15. The maximum atomic E-state index is 4.19. The summed E-state index contributed by atoms with van der Waals surface area (Å²) in [6.07, 6.45) is 6.20. The summed E-state index contributed by atoms with van der Waals surface area (Å²) in [6.45, 7) is 3.06. The molecule has 2 rings (SSSR count). The second kappa shape index (κ2) is 5.37. The monoisotopic (exact) mass is 217 g/mol. The third kappa shape index (κ3) is 2.43. The molecule has 0 spiro atoms. The Morgan fingerprint density at radius 3 is 3.06 bits per heavy atom. The van der Waals surface area contributed by atoms with E-state index in [-0.39, 0.29) is 6.04 Å². The fourth-order valence-electron chi connectivity index (χ4n) is 1.56. The van der Waals surface area contributed by atoms with Crippen LogP contribution in [0.3, 0.4) is 0 Å². The molecule has 2 heterocycles. The van der Waals surface area contributed by atoms with Crippen LogP contribution in [-0.4, -0.2) is 26.7 Å². The molecule has 0 aliphatic carbocycles. The maximum absolute atomic E-state index is 4.19. The number of nitrogens with zero attached hydrogens (tertiary/aromatic N) is 3. The highest BCUT2D eigenvalue weighted by molar-refractivity contribution is 5.20. The normalized spacial score (nSPS) is 12.6. The molecule has 5 heteroatoms. The molecule has 5 nitrogen and oxygen atoms in total. The molecule has 0 aromatic carbocycles. The summed E-state index contributed by atoms with van der Waals surface area (Å²) < 4.78 is 0. The predicted octanol–water partition coefficient (Wildman–Crippen LogP) is 1.29. The van der Waals surface area contributed by atoms with Crippen LogP contribution in [0.1, 0.15) is 30.8 Å². The van der Waals surface area contributed by atoms with Crippen LogP contribution in [0.25, 0.3) is 0 Å². The Labute approximate surface area is 94.3 Å². The number of nitrogens with one attached hydrogen (secondary N) is 2. The topological polar surface area (TPSA) is 66.5 Å². The Kier molecular flexibility index (Phi) is 3.61. The van der Waals surface area contributed by atoms with E-state index >= 15 is 0 Å². The first-order chi connectivity index (χ1) is 7.92. The molecule has 0 radical (unpaired) electrons. The van der Waals surface area contributed by atoms with Gasteiger partial charge in [-0.1, -0.05) is 13.0 Å². The maximum Gasteiger partial charge on any atom is 0.146 e. The molecule has 0 aliphatic heterocycles. The van der Waals surface area contributed by atoms with E-state index in [0.29, 0.717) is 0 Å². The van der Waals surface area contributed by atoms with Gasteiger partial charge in [-0.05, 0) is 24.6 Å². The number of hydrogen-bond acceptors (Lipinski definition) is 4. The van der Waals surface area contributed by atoms with Crippen LogP contribution in [0.15, 0.2) is 30.9 Å². The summed E-state index contributed by atoms with van der Waals surface area (Å²) in [5.74, 6) is 0.821. The highest BCUT2D eigenvalue weighted by Crippen LogP contribution is 2.16. The van der Waals surface area contributed by atoms with E-state index in [0.717, 1.165) is 24.4 Å². The van der Waals surface area contributed by atoms with Gasteiger partial charge in [-0.3, -0.25) is 10.1 Å². The van der Waals surface area contributed by atoms with E-state index in [1.165, 1.54) is 6.33 Å². The lowest BCUT2D eigenvalue weighted by molar-refractivity contribution is 0.572. The second-order valence-electron chi connectivity index (χ2n) is 3.54. The van der Waals surface area contributed by atoms with Gasteiger partial charge in [-0.25, -0.2) is 4.98 Å². The van der Waals surface area contributed by atoms with Crippen molar-refractivity contribution in [3.63, 3.8) is 0 Å². The van der Waals surface area contributed by atoms with E-state index in [4.69, 9.17) is 0 Å². The Morgan fingerprint density at radius 1 is 1.50 bits per heavy atom. The Balaban J connectivity index is 2.21. The molecule has 2 aromatic rings. The van der Waals surface area contributed by atoms with Crippen LogP contribution in [0.4, 0.5) is 0 Å². The molecule has 0 bridgehead atoms. The smallest absolute Gasteiger partial charge is 0.146 e. The van der Waals surface area contributed by atoms with Crippen LogP contribution >= 0.6 is 0 Å². The van der Waals surface area contributed by atoms with Crippen molar-refractivity contribution in [1.29, 1.82) is 0 Å². The van der Waals surface area contributed by atoms with Crippen molar-refractivity contribution in [2.24, 2.45) is 0 Å². The molecule has 0 saturated carbocycles. The number of aromatic amines is 1. The predicted molar refractivity (Wildman–Crippen MR) is 60.8 cm³/mol. The van der Waals surface area contributed by atoms with Gasteiger partial charge in [-0.15, -0.1) is 0 Å². The number of hydrogen-bond donors (Lipinski definition) is 2. The first kappa shape index (κ1) is 10.8. The van der Waals surface area contributed by atoms with Crippen molar-refractivity contribution in [2.75, 3.05) is 6.54 Å². The van der Waals surface area contributed by atoms with E-state index in [1.54, 1.807) is 6.20 Å². The minimum Gasteiger partial charge on any atom is -0.304 e. The molecule has 84 valence electrons. The lowest BCUT2D eigenvalue weighted by atomic mass is 10.1. The molecule has 0 aliphatic rings. The highest BCUT2D eigenvalue weighted by atomic mass is 15.2. The van der Waals surface area contributed by atoms with E-state index < -0.39 is 0 Å². The average Bonchev–Trinajstić information content (AvgIpc) is 2.85. The van der Waals surface area contributed by atoms with E-state index in [9.17, 15) is 0 Å². The minimum absolute atomic E-state index is 0.0381. The fourth-order valence-corrected chi connectivity index (χ4v) is 1.56. The molecular formula is C11H15N5. The van der Waals surface area contributed by atoms with Crippen molar-refractivity contribution >= 4 is 0 Å². The lowest BCUT2D eigenvalue weighted by Crippen LogP contribution is -2.24. The van der Waals surface area contributed by atoms with Crippen LogP contribution in [0, 0.1) is 0 Å². The van der Waals surface area contributed by atoms with Gasteiger partial charge in [0, 0.05) is 12.4 Å². The number of aromatic nitrogens is 4. The van der Waals surface area contributed by atoms with Gasteiger partial charge < -0.3 is 5.32 Å². The van der Waals surface area contributed by atoms with E-state index in [1.807, 2.05) is 18.3 Å². The molecule has 16 heavy (non-hydrogen) atoms. The molecule has 0 saturated heterocycles. The average molecular weight is 217 g/mol. The molecule has 1 unspecified atom stereocenters. The van der Waals surface area contributed by atoms with Crippen LogP contribution in [0.5, 0.6) is 0 Å². The van der Waals surface area contributed by atoms with Crippen molar-refractivity contribution in [3.8, 4) is 0 Å². The summed E-state index contributed by atoms with van der Waals surface area (Å²) in [4.78, 5) is 8.31. The third-order valence-electron chi connectivity index (χ3n) is 2.32. The largest absolute Gasteiger partial charge is 0.304 e. The molecule has 0 amide bonds. The summed E-state index contributed by atoms with van der Waals surface area (Å²) >= 11 is 0. The van der Waals surface area contributed by atoms with Gasteiger partial charge >= 0.3 is 0 Å². The minimum atomic E-state index is 0.0381. The first-order valence-electron chi connectivity index (χ1n) is 5.40. The summed E-state index contributed by atoms with van der Waals surface area (Å²) in [5, 5.41) is 10.2. The van der Waals surface area contributed by atoms with Crippen molar-refractivity contribution < 1.29 is 0 Å². The van der Waals surface area contributed by atoms with Crippen LogP contribution < -0.4 is 5.32 Å². The molecule has 0 fully saturated rings. The Bertz CT molecular complexity index is 398. The van der Waals surface area contributed by atoms with Gasteiger partial charge in [-0.2, -0.15) is 5.10 Å². The number of H-pyrrole nitrogens is 1. The van der Waals surface area contributed by atoms with Crippen molar-refractivity contribution in [3.05, 3.63) is 42.2 Å². The van der Waals surface area contributed by atoms with Crippen LogP contribution in [0.2, 0.25) is 0 Å².